The molecule has 205 valence electrons. The number of aliphatic hydroxyl groups excluding tert-OH is 8. The first-order valence-electron chi connectivity index (χ1n) is 10.6. The first-order chi connectivity index (χ1) is 16.2. The molecule has 0 aromatic heterocycles. The third-order valence-electron chi connectivity index (χ3n) is 5.92. The van der Waals surface area contributed by atoms with E-state index in [-0.39, 0.29) is 26.7 Å². The third kappa shape index (κ3) is 6.62. The summed E-state index contributed by atoms with van der Waals surface area (Å²) in [5.74, 6) is 0. The molecule has 3 rings (SSSR count). The van der Waals surface area contributed by atoms with E-state index in [1.54, 1.807) is 0 Å². The Hall–Kier alpha value is -0.228. The van der Waals surface area contributed by atoms with Crippen LogP contribution in [-0.2, 0) is 53.6 Å². The van der Waals surface area contributed by atoms with E-state index < -0.39 is 99.2 Å². The van der Waals surface area contributed by atoms with Crippen molar-refractivity contribution in [3.8, 4) is 0 Å². The standard InChI is InChI=1S/C19H31O15.Re/c1-29-18-14(27)12(25)17(9(5-22)31-18)34-19-15(28)13(26)16(8(4-21)32-19)33-10-2-6(23)11(24)7(3-20)30-10;/h2-3,6-19,21-28H,4-5H2,1H3;/q-1;. The number of hydrogen-bond donors (Lipinski definition) is 8. The summed E-state index contributed by atoms with van der Waals surface area (Å²) < 4.78 is 31.9. The van der Waals surface area contributed by atoms with E-state index in [0.717, 1.165) is 6.42 Å². The number of carbonyl (C=O) groups is 1. The van der Waals surface area contributed by atoms with E-state index in [1.807, 2.05) is 0 Å². The first kappa shape index (κ1) is 31.0. The van der Waals surface area contributed by atoms with Gasteiger partial charge in [0.2, 0.25) is 0 Å². The molecule has 0 bridgehead atoms. The van der Waals surface area contributed by atoms with Gasteiger partial charge in [-0.1, -0.05) is 0 Å². The van der Waals surface area contributed by atoms with E-state index in [0.29, 0.717) is 0 Å². The molecule has 0 saturated carbocycles. The van der Waals surface area contributed by atoms with Crippen molar-refractivity contribution in [1.82, 2.24) is 0 Å². The summed E-state index contributed by atoms with van der Waals surface area (Å²) in [6.07, 6.45) is -19.7. The minimum atomic E-state index is -1.82. The maximum Gasteiger partial charge on any atom is 0.187 e. The minimum Gasteiger partial charge on any atom is -0.422 e. The molecule has 0 aliphatic carbocycles. The molecule has 3 aliphatic rings. The third-order valence-corrected chi connectivity index (χ3v) is 5.92. The summed E-state index contributed by atoms with van der Waals surface area (Å²) in [6, 6.07) is 0. The van der Waals surface area contributed by atoms with Gasteiger partial charge in [-0.05, 0) is 6.10 Å². The Bertz CT molecular complexity index is 656. The quantitative estimate of drug-likeness (QED) is 0.0878. The van der Waals surface area contributed by atoms with E-state index in [4.69, 9.17) is 28.4 Å². The molecule has 0 aromatic carbocycles. The zero-order valence-electron chi connectivity index (χ0n) is 18.5. The van der Waals surface area contributed by atoms with Crippen molar-refractivity contribution in [1.29, 1.82) is 0 Å². The van der Waals surface area contributed by atoms with E-state index in [9.17, 15) is 45.6 Å². The molecule has 14 unspecified atom stereocenters. The fraction of sp³-hybridized carbons (Fsp3) is 0.895. The molecule has 3 fully saturated rings. The average Bonchev–Trinajstić information content (AvgIpc) is 2.83. The molecule has 8 N–H and O–H groups in total. The predicted molar refractivity (Wildman–Crippen MR) is 103 cm³/mol. The van der Waals surface area contributed by atoms with Crippen LogP contribution in [0.15, 0.2) is 0 Å². The van der Waals surface area contributed by atoms with Gasteiger partial charge in [-0.25, -0.2) is 6.42 Å². The molecule has 16 heteroatoms. The van der Waals surface area contributed by atoms with Crippen molar-refractivity contribution < 1.29 is 94.5 Å². The maximum absolute atomic E-state index is 11.1. The minimum absolute atomic E-state index is 0. The van der Waals surface area contributed by atoms with Gasteiger partial charge in [0.15, 0.2) is 18.9 Å². The molecule has 1 radical (unpaired) electrons. The summed E-state index contributed by atoms with van der Waals surface area (Å²) in [7, 11) is 1.22. The van der Waals surface area contributed by atoms with E-state index >= 15 is 0 Å². The molecule has 14 atom stereocenters. The molecule has 15 nitrogen and oxygen atoms in total. The zero-order valence-corrected chi connectivity index (χ0v) is 21.2. The van der Waals surface area contributed by atoms with Gasteiger partial charge in [0.25, 0.3) is 0 Å². The number of methoxy groups -OCH3 is 1. The Balaban J connectivity index is 0.00000432. The Kier molecular flexibility index (Phi) is 12.0. The average molecular weight is 686 g/mol. The van der Waals surface area contributed by atoms with Gasteiger partial charge in [-0.2, -0.15) is 0 Å². The fourth-order valence-corrected chi connectivity index (χ4v) is 4.00. The summed E-state index contributed by atoms with van der Waals surface area (Å²) in [5, 5.41) is 80.6. The van der Waals surface area contributed by atoms with Crippen molar-refractivity contribution in [2.45, 2.75) is 86.0 Å². The Morgan fingerprint density at radius 2 is 1.29 bits per heavy atom. The van der Waals surface area contributed by atoms with Crippen molar-refractivity contribution in [3.05, 3.63) is 6.42 Å². The molecule has 0 amide bonds. The summed E-state index contributed by atoms with van der Waals surface area (Å²) in [4.78, 5) is 11.1. The van der Waals surface area contributed by atoms with Crippen LogP contribution in [0, 0.1) is 6.42 Å². The molecule has 0 spiro atoms. The van der Waals surface area contributed by atoms with E-state index in [1.165, 1.54) is 7.11 Å². The summed E-state index contributed by atoms with van der Waals surface area (Å²) in [5.41, 5.74) is 0. The number of aldehydes is 1. The number of aliphatic hydroxyl groups is 8. The fourth-order valence-electron chi connectivity index (χ4n) is 4.00. The predicted octanol–water partition coefficient (Wildman–Crippen LogP) is -5.87. The van der Waals surface area contributed by atoms with Crippen LogP contribution < -0.4 is 0 Å². The monoisotopic (exact) mass is 686 g/mol. The van der Waals surface area contributed by atoms with Gasteiger partial charge in [0, 0.05) is 33.8 Å². The number of hydrogen-bond acceptors (Lipinski definition) is 15. The van der Waals surface area contributed by atoms with Gasteiger partial charge in [0.1, 0.15) is 54.9 Å². The second-order valence-corrected chi connectivity index (χ2v) is 8.13. The van der Waals surface area contributed by atoms with Crippen LogP contribution in [-0.4, -0.2) is 153 Å². The SMILES string of the molecule is COC1OC(CO)C(OC2OC(CO)C(OC3[CH-]C(O)C(O)C(C=O)O3)C(O)C2O)C(O)C1O.[Re]. The van der Waals surface area contributed by atoms with Gasteiger partial charge < -0.3 is 74.1 Å². The zero-order chi connectivity index (χ0) is 25.2. The number of rotatable bonds is 8. The molecular weight excluding hydrogens is 654 g/mol. The summed E-state index contributed by atoms with van der Waals surface area (Å²) in [6.45, 7) is -1.40. The second kappa shape index (κ2) is 13.5. The van der Waals surface area contributed by atoms with Crippen LogP contribution in [0.1, 0.15) is 0 Å². The Labute approximate surface area is 213 Å². The van der Waals surface area contributed by atoms with Crippen LogP contribution in [0.3, 0.4) is 0 Å². The van der Waals surface area contributed by atoms with E-state index in [2.05, 4.69) is 0 Å². The Morgan fingerprint density at radius 1 is 0.771 bits per heavy atom. The van der Waals surface area contributed by atoms with Crippen molar-refractivity contribution in [3.63, 3.8) is 0 Å². The van der Waals surface area contributed by atoms with Gasteiger partial charge in [-0.3, -0.25) is 0 Å². The van der Waals surface area contributed by atoms with Gasteiger partial charge in [0.05, 0.1) is 19.3 Å². The van der Waals surface area contributed by atoms with Crippen LogP contribution in [0.25, 0.3) is 0 Å². The van der Waals surface area contributed by atoms with Crippen molar-refractivity contribution in [2.75, 3.05) is 20.3 Å². The molecular formula is C19H31O15Re-. The maximum atomic E-state index is 11.1. The number of carbonyl (C=O) groups excluding carboxylic acids is 1. The largest absolute Gasteiger partial charge is 0.422 e. The van der Waals surface area contributed by atoms with Gasteiger partial charge >= 0.3 is 0 Å². The summed E-state index contributed by atoms with van der Waals surface area (Å²) >= 11 is 0. The van der Waals surface area contributed by atoms with Crippen LogP contribution in [0.4, 0.5) is 0 Å². The van der Waals surface area contributed by atoms with Gasteiger partial charge in [-0.15, -0.1) is 0 Å². The molecule has 3 saturated heterocycles. The van der Waals surface area contributed by atoms with Crippen LogP contribution >= 0.6 is 0 Å². The molecule has 3 heterocycles. The molecule has 35 heavy (non-hydrogen) atoms. The number of ether oxygens (including phenoxy) is 6. The smallest absolute Gasteiger partial charge is 0.187 e. The van der Waals surface area contributed by atoms with Crippen LogP contribution in [0.2, 0.25) is 0 Å². The molecule has 3 aliphatic heterocycles. The van der Waals surface area contributed by atoms with Crippen molar-refractivity contribution in [2.24, 2.45) is 0 Å². The second-order valence-electron chi connectivity index (χ2n) is 8.13. The van der Waals surface area contributed by atoms with Crippen molar-refractivity contribution >= 4 is 6.29 Å². The molecule has 0 aromatic rings. The topological polar surface area (TPSA) is 234 Å². The Morgan fingerprint density at radius 3 is 1.80 bits per heavy atom. The normalized spacial score (nSPS) is 48.7. The van der Waals surface area contributed by atoms with Crippen LogP contribution in [0.5, 0.6) is 0 Å². The first-order valence-corrected chi connectivity index (χ1v) is 10.6.